The molecule has 1 amide bonds. The van der Waals surface area contributed by atoms with Gasteiger partial charge in [-0.25, -0.2) is 0 Å². The fourth-order valence-corrected chi connectivity index (χ4v) is 1.97. The average Bonchev–Trinajstić information content (AvgIpc) is 2.44. The molecule has 1 rings (SSSR count). The molecule has 0 aliphatic heterocycles. The Hall–Kier alpha value is -1.39. The van der Waals surface area contributed by atoms with E-state index >= 15 is 0 Å². The zero-order valence-corrected chi connectivity index (χ0v) is 11.9. The molecule has 0 fully saturated rings. The summed E-state index contributed by atoms with van der Waals surface area (Å²) in [4.78, 5) is 14.1. The van der Waals surface area contributed by atoms with E-state index in [1.54, 1.807) is 0 Å². The van der Waals surface area contributed by atoms with E-state index in [1.807, 2.05) is 30.3 Å². The van der Waals surface area contributed by atoms with Crippen LogP contribution in [0, 0.1) is 0 Å². The van der Waals surface area contributed by atoms with Crippen LogP contribution in [-0.2, 0) is 11.2 Å². The molecule has 0 spiro atoms. The maximum atomic E-state index is 11.9. The average molecular weight is 263 g/mol. The van der Waals surface area contributed by atoms with Gasteiger partial charge in [-0.15, -0.1) is 0 Å². The van der Waals surface area contributed by atoms with Gasteiger partial charge >= 0.3 is 0 Å². The molecule has 0 radical (unpaired) electrons. The van der Waals surface area contributed by atoms with Crippen molar-refractivity contribution >= 4 is 5.91 Å². The maximum absolute atomic E-state index is 11.9. The van der Waals surface area contributed by atoms with Gasteiger partial charge in [-0.2, -0.15) is 0 Å². The molecule has 19 heavy (non-hydrogen) atoms. The van der Waals surface area contributed by atoms with Crippen molar-refractivity contribution in [2.75, 3.05) is 26.2 Å². The minimum atomic E-state index is -0.473. The van der Waals surface area contributed by atoms with Crippen molar-refractivity contribution in [3.05, 3.63) is 35.9 Å². The van der Waals surface area contributed by atoms with Crippen LogP contribution in [0.1, 0.15) is 19.4 Å². The van der Waals surface area contributed by atoms with Gasteiger partial charge in [0, 0.05) is 13.1 Å². The van der Waals surface area contributed by atoms with Crippen LogP contribution >= 0.6 is 0 Å². The first kappa shape index (κ1) is 15.7. The summed E-state index contributed by atoms with van der Waals surface area (Å²) >= 11 is 0. The molecular formula is C15H25N3O. The van der Waals surface area contributed by atoms with Crippen molar-refractivity contribution < 1.29 is 4.79 Å². The van der Waals surface area contributed by atoms with Gasteiger partial charge in [0.25, 0.3) is 0 Å². The van der Waals surface area contributed by atoms with Crippen LogP contribution in [-0.4, -0.2) is 43.0 Å². The minimum Gasteiger partial charge on any atom is -0.353 e. The Balaban J connectivity index is 2.29. The Morgan fingerprint density at radius 3 is 2.47 bits per heavy atom. The molecule has 4 heteroatoms. The monoisotopic (exact) mass is 263 g/mol. The summed E-state index contributed by atoms with van der Waals surface area (Å²) in [6.07, 6.45) is 0.581. The fraction of sp³-hybridized carbons (Fsp3) is 0.533. The standard InChI is InChI=1S/C15H25N3O/c1-3-18(4-2)11-10-17-15(19)14(16)12-13-8-6-5-7-9-13/h5-9,14H,3-4,10-12,16H2,1-2H3,(H,17,19)/t14-/m0/s1. The predicted octanol–water partition coefficient (Wildman–Crippen LogP) is 1.01. The second kappa shape index (κ2) is 8.67. The molecule has 0 heterocycles. The first-order valence-electron chi connectivity index (χ1n) is 6.97. The number of amides is 1. The lowest BCUT2D eigenvalue weighted by atomic mass is 10.1. The lowest BCUT2D eigenvalue weighted by Gasteiger charge is -2.19. The Labute approximate surface area is 116 Å². The topological polar surface area (TPSA) is 58.4 Å². The van der Waals surface area contributed by atoms with E-state index in [-0.39, 0.29) is 5.91 Å². The van der Waals surface area contributed by atoms with Gasteiger partial charge in [0.05, 0.1) is 6.04 Å². The van der Waals surface area contributed by atoms with E-state index in [1.165, 1.54) is 0 Å². The van der Waals surface area contributed by atoms with Gasteiger partial charge in [0.2, 0.25) is 5.91 Å². The van der Waals surface area contributed by atoms with Crippen LogP contribution in [0.2, 0.25) is 0 Å². The Morgan fingerprint density at radius 2 is 1.89 bits per heavy atom. The Morgan fingerprint density at radius 1 is 1.26 bits per heavy atom. The van der Waals surface area contributed by atoms with E-state index in [2.05, 4.69) is 24.1 Å². The summed E-state index contributed by atoms with van der Waals surface area (Å²) in [5.74, 6) is -0.0731. The molecule has 4 nitrogen and oxygen atoms in total. The second-order valence-electron chi connectivity index (χ2n) is 4.61. The van der Waals surface area contributed by atoms with E-state index < -0.39 is 6.04 Å². The number of likely N-dealkylation sites (N-methyl/N-ethyl adjacent to an activating group) is 1. The van der Waals surface area contributed by atoms with E-state index in [0.29, 0.717) is 13.0 Å². The first-order chi connectivity index (χ1) is 9.17. The third-order valence-electron chi connectivity index (χ3n) is 3.26. The highest BCUT2D eigenvalue weighted by molar-refractivity contribution is 5.81. The Bertz CT molecular complexity index is 363. The van der Waals surface area contributed by atoms with Crippen LogP contribution in [0.25, 0.3) is 0 Å². The summed E-state index contributed by atoms with van der Waals surface area (Å²) in [6, 6.07) is 9.38. The molecule has 1 aromatic rings. The van der Waals surface area contributed by atoms with Gasteiger partial charge in [-0.3, -0.25) is 4.79 Å². The summed E-state index contributed by atoms with van der Waals surface area (Å²) in [6.45, 7) is 7.77. The molecule has 0 unspecified atom stereocenters. The third kappa shape index (κ3) is 5.85. The van der Waals surface area contributed by atoms with Crippen LogP contribution in [0.4, 0.5) is 0 Å². The molecule has 0 saturated heterocycles. The SMILES string of the molecule is CCN(CC)CCNC(=O)[C@@H](N)Cc1ccccc1. The number of carbonyl (C=O) groups excluding carboxylic acids is 1. The quantitative estimate of drug-likeness (QED) is 0.736. The van der Waals surface area contributed by atoms with Gasteiger partial charge < -0.3 is 16.0 Å². The number of benzene rings is 1. The van der Waals surface area contributed by atoms with Crippen LogP contribution in [0.3, 0.4) is 0 Å². The smallest absolute Gasteiger partial charge is 0.237 e. The van der Waals surface area contributed by atoms with Crippen molar-refractivity contribution in [3.63, 3.8) is 0 Å². The highest BCUT2D eigenvalue weighted by atomic mass is 16.2. The number of carbonyl (C=O) groups is 1. The molecule has 1 atom stereocenters. The van der Waals surface area contributed by atoms with Crippen LogP contribution in [0.5, 0.6) is 0 Å². The molecular weight excluding hydrogens is 238 g/mol. The normalized spacial score (nSPS) is 12.4. The third-order valence-corrected chi connectivity index (χ3v) is 3.26. The summed E-state index contributed by atoms with van der Waals surface area (Å²) in [5, 5.41) is 2.90. The Kier molecular flexibility index (Phi) is 7.15. The van der Waals surface area contributed by atoms with Gasteiger partial charge in [-0.1, -0.05) is 44.2 Å². The van der Waals surface area contributed by atoms with E-state index in [0.717, 1.165) is 25.2 Å². The minimum absolute atomic E-state index is 0.0731. The van der Waals surface area contributed by atoms with Crippen molar-refractivity contribution in [1.82, 2.24) is 10.2 Å². The number of nitrogens with one attached hydrogen (secondary N) is 1. The largest absolute Gasteiger partial charge is 0.353 e. The van der Waals surface area contributed by atoms with E-state index in [9.17, 15) is 4.79 Å². The van der Waals surface area contributed by atoms with Crippen LogP contribution < -0.4 is 11.1 Å². The number of rotatable bonds is 8. The summed E-state index contributed by atoms with van der Waals surface area (Å²) in [5.41, 5.74) is 7.00. The number of hydrogen-bond acceptors (Lipinski definition) is 3. The van der Waals surface area contributed by atoms with Gasteiger partial charge in [0.15, 0.2) is 0 Å². The highest BCUT2D eigenvalue weighted by Crippen LogP contribution is 2.01. The summed E-state index contributed by atoms with van der Waals surface area (Å²) < 4.78 is 0. The zero-order chi connectivity index (χ0) is 14.1. The van der Waals surface area contributed by atoms with Gasteiger partial charge in [0.1, 0.15) is 0 Å². The number of hydrogen-bond donors (Lipinski definition) is 2. The van der Waals surface area contributed by atoms with Crippen molar-refractivity contribution in [3.8, 4) is 0 Å². The number of nitrogens with two attached hydrogens (primary N) is 1. The lowest BCUT2D eigenvalue weighted by molar-refractivity contribution is -0.122. The second-order valence-corrected chi connectivity index (χ2v) is 4.61. The highest BCUT2D eigenvalue weighted by Gasteiger charge is 2.13. The number of nitrogens with zero attached hydrogens (tertiary/aromatic N) is 1. The molecule has 0 aliphatic carbocycles. The zero-order valence-electron chi connectivity index (χ0n) is 11.9. The van der Waals surface area contributed by atoms with Gasteiger partial charge in [-0.05, 0) is 25.1 Å². The lowest BCUT2D eigenvalue weighted by Crippen LogP contribution is -2.44. The predicted molar refractivity (Wildman–Crippen MR) is 78.9 cm³/mol. The molecule has 106 valence electrons. The molecule has 1 aromatic carbocycles. The molecule has 0 saturated carbocycles. The van der Waals surface area contributed by atoms with Crippen molar-refractivity contribution in [1.29, 1.82) is 0 Å². The van der Waals surface area contributed by atoms with E-state index in [4.69, 9.17) is 5.73 Å². The maximum Gasteiger partial charge on any atom is 0.237 e. The van der Waals surface area contributed by atoms with Crippen LogP contribution in [0.15, 0.2) is 30.3 Å². The molecule has 0 aromatic heterocycles. The molecule has 3 N–H and O–H groups in total. The molecule has 0 bridgehead atoms. The fourth-order valence-electron chi connectivity index (χ4n) is 1.97. The van der Waals surface area contributed by atoms with Crippen molar-refractivity contribution in [2.45, 2.75) is 26.3 Å². The van der Waals surface area contributed by atoms with Crippen molar-refractivity contribution in [2.24, 2.45) is 5.73 Å². The molecule has 0 aliphatic rings. The summed E-state index contributed by atoms with van der Waals surface area (Å²) in [7, 11) is 0. The first-order valence-corrected chi connectivity index (χ1v) is 6.97.